The molecule has 0 radical (unpaired) electrons. The number of halogens is 1. The van der Waals surface area contributed by atoms with E-state index in [-0.39, 0.29) is 6.04 Å². The fraction of sp³-hybridized carbons (Fsp3) is 0.125. The maximum absolute atomic E-state index is 5.96. The summed E-state index contributed by atoms with van der Waals surface area (Å²) in [6.45, 7) is 1.98. The topological polar surface area (TPSA) is 63.8 Å². The van der Waals surface area contributed by atoms with Crippen LogP contribution in [-0.2, 0) is 0 Å². The van der Waals surface area contributed by atoms with E-state index in [9.17, 15) is 0 Å². The van der Waals surface area contributed by atoms with Gasteiger partial charge in [-0.3, -0.25) is 10.8 Å². The average molecular weight is 299 g/mol. The van der Waals surface area contributed by atoms with Gasteiger partial charge in [0.05, 0.1) is 11.6 Å². The summed E-state index contributed by atoms with van der Waals surface area (Å²) in [6.07, 6.45) is 1.67. The van der Waals surface area contributed by atoms with Crippen LogP contribution in [0.4, 0.5) is 0 Å². The molecule has 0 aliphatic heterocycles. The molecule has 21 heavy (non-hydrogen) atoms. The molecule has 3 N–H and O–H groups in total. The number of aromatic nitrogens is 2. The lowest BCUT2D eigenvalue weighted by Gasteiger charge is -2.17. The van der Waals surface area contributed by atoms with E-state index < -0.39 is 0 Å². The molecule has 0 bridgehead atoms. The first-order valence-corrected chi connectivity index (χ1v) is 7.00. The summed E-state index contributed by atoms with van der Waals surface area (Å²) >= 11 is 5.96. The van der Waals surface area contributed by atoms with Gasteiger partial charge in [-0.25, -0.2) is 10.4 Å². The number of hydrogen-bond acceptors (Lipinski definition) is 4. The first-order chi connectivity index (χ1) is 10.2. The number of pyridine rings is 2. The number of hydrogen-bond donors (Lipinski definition) is 2. The fourth-order valence-electron chi connectivity index (χ4n) is 2.41. The lowest BCUT2D eigenvalue weighted by Crippen LogP contribution is -2.28. The third-order valence-electron chi connectivity index (χ3n) is 3.44. The standard InChI is InChI=1S/C16H15ClN4/c1-10-2-3-11-8-12(4-5-14(11)20-10)16(21-18)13-6-7-19-15(17)9-13/h2-9,16,21H,18H2,1H3. The van der Waals surface area contributed by atoms with Crippen LogP contribution < -0.4 is 11.3 Å². The Hall–Kier alpha value is -2.01. The summed E-state index contributed by atoms with van der Waals surface area (Å²) in [7, 11) is 0. The number of fused-ring (bicyclic) bond motifs is 1. The molecule has 0 saturated heterocycles. The molecular formula is C16H15ClN4. The molecule has 1 aromatic carbocycles. The molecule has 0 aliphatic carbocycles. The van der Waals surface area contributed by atoms with E-state index in [2.05, 4.69) is 27.5 Å². The van der Waals surface area contributed by atoms with Crippen LogP contribution in [0, 0.1) is 6.92 Å². The van der Waals surface area contributed by atoms with Crippen LogP contribution >= 0.6 is 11.6 Å². The number of nitrogens with two attached hydrogens (primary N) is 1. The lowest BCUT2D eigenvalue weighted by molar-refractivity contribution is 0.637. The molecule has 4 nitrogen and oxygen atoms in total. The molecule has 0 aliphatic rings. The van der Waals surface area contributed by atoms with Crippen LogP contribution in [0.25, 0.3) is 10.9 Å². The van der Waals surface area contributed by atoms with Crippen LogP contribution in [0.3, 0.4) is 0 Å². The first kappa shape index (κ1) is 13.9. The predicted octanol–water partition coefficient (Wildman–Crippen LogP) is 3.14. The zero-order valence-corrected chi connectivity index (χ0v) is 12.3. The van der Waals surface area contributed by atoms with Crippen LogP contribution in [0.2, 0.25) is 5.15 Å². The second-order valence-electron chi connectivity index (χ2n) is 4.92. The van der Waals surface area contributed by atoms with Gasteiger partial charge >= 0.3 is 0 Å². The minimum Gasteiger partial charge on any atom is -0.271 e. The molecule has 1 atom stereocenters. The Morgan fingerprint density at radius 3 is 2.67 bits per heavy atom. The van der Waals surface area contributed by atoms with E-state index in [1.807, 2.05) is 37.3 Å². The quantitative estimate of drug-likeness (QED) is 0.443. The van der Waals surface area contributed by atoms with Crippen molar-refractivity contribution in [3.63, 3.8) is 0 Å². The van der Waals surface area contributed by atoms with Crippen LogP contribution in [0.15, 0.2) is 48.7 Å². The second kappa shape index (κ2) is 5.77. The van der Waals surface area contributed by atoms with Crippen LogP contribution in [0.5, 0.6) is 0 Å². The largest absolute Gasteiger partial charge is 0.271 e. The summed E-state index contributed by atoms with van der Waals surface area (Å²) in [5.41, 5.74) is 6.83. The maximum atomic E-state index is 5.96. The van der Waals surface area contributed by atoms with Crippen molar-refractivity contribution in [2.75, 3.05) is 0 Å². The second-order valence-corrected chi connectivity index (χ2v) is 5.30. The third-order valence-corrected chi connectivity index (χ3v) is 3.64. The molecule has 106 valence electrons. The fourth-order valence-corrected chi connectivity index (χ4v) is 2.59. The Balaban J connectivity index is 2.06. The van der Waals surface area contributed by atoms with Crippen molar-refractivity contribution in [3.05, 3.63) is 70.6 Å². The normalized spacial score (nSPS) is 12.5. The molecule has 0 fully saturated rings. The summed E-state index contributed by atoms with van der Waals surface area (Å²) < 4.78 is 0. The SMILES string of the molecule is Cc1ccc2cc(C(NN)c3ccnc(Cl)c3)ccc2n1. The predicted molar refractivity (Wildman–Crippen MR) is 84.9 cm³/mol. The number of nitrogens with zero attached hydrogens (tertiary/aromatic N) is 2. The van der Waals surface area contributed by atoms with E-state index in [0.29, 0.717) is 5.15 Å². The highest BCUT2D eigenvalue weighted by Gasteiger charge is 2.13. The number of aryl methyl sites for hydroxylation is 1. The Morgan fingerprint density at radius 1 is 1.10 bits per heavy atom. The summed E-state index contributed by atoms with van der Waals surface area (Å²) in [6, 6.07) is 13.7. The minimum atomic E-state index is -0.142. The average Bonchev–Trinajstić information content (AvgIpc) is 2.48. The van der Waals surface area contributed by atoms with Gasteiger partial charge in [-0.05, 0) is 48.4 Å². The Bertz CT molecular complexity index is 788. The van der Waals surface area contributed by atoms with E-state index in [1.165, 1.54) is 0 Å². The van der Waals surface area contributed by atoms with E-state index in [1.54, 1.807) is 6.20 Å². The van der Waals surface area contributed by atoms with Crippen molar-refractivity contribution in [1.82, 2.24) is 15.4 Å². The van der Waals surface area contributed by atoms with Crippen molar-refractivity contribution in [2.45, 2.75) is 13.0 Å². The number of nitrogens with one attached hydrogen (secondary N) is 1. The van der Waals surface area contributed by atoms with Crippen molar-refractivity contribution in [3.8, 4) is 0 Å². The molecule has 2 aromatic heterocycles. The smallest absolute Gasteiger partial charge is 0.129 e. The van der Waals surface area contributed by atoms with E-state index >= 15 is 0 Å². The minimum absolute atomic E-state index is 0.142. The highest BCUT2D eigenvalue weighted by Crippen LogP contribution is 2.25. The molecule has 0 amide bonds. The first-order valence-electron chi connectivity index (χ1n) is 6.62. The zero-order chi connectivity index (χ0) is 14.8. The van der Waals surface area contributed by atoms with E-state index in [4.69, 9.17) is 17.4 Å². The van der Waals surface area contributed by atoms with Crippen molar-refractivity contribution >= 4 is 22.5 Å². The van der Waals surface area contributed by atoms with Crippen molar-refractivity contribution in [2.24, 2.45) is 5.84 Å². The molecule has 0 spiro atoms. The number of hydrazine groups is 1. The van der Waals surface area contributed by atoms with Crippen molar-refractivity contribution in [1.29, 1.82) is 0 Å². The zero-order valence-electron chi connectivity index (χ0n) is 11.5. The van der Waals surface area contributed by atoms with Gasteiger partial charge in [-0.1, -0.05) is 23.7 Å². The third kappa shape index (κ3) is 2.88. The van der Waals surface area contributed by atoms with Crippen molar-refractivity contribution < 1.29 is 0 Å². The van der Waals surface area contributed by atoms with Gasteiger partial charge in [0.2, 0.25) is 0 Å². The maximum Gasteiger partial charge on any atom is 0.129 e. The van der Waals surface area contributed by atoms with Gasteiger partial charge < -0.3 is 0 Å². The lowest BCUT2D eigenvalue weighted by atomic mass is 9.98. The van der Waals surface area contributed by atoms with Crippen LogP contribution in [-0.4, -0.2) is 9.97 Å². The van der Waals surface area contributed by atoms with E-state index in [0.717, 1.165) is 27.7 Å². The molecule has 5 heteroatoms. The molecule has 1 unspecified atom stereocenters. The summed E-state index contributed by atoms with van der Waals surface area (Å²) in [5.74, 6) is 5.73. The highest BCUT2D eigenvalue weighted by molar-refractivity contribution is 6.29. The summed E-state index contributed by atoms with van der Waals surface area (Å²) in [5, 5.41) is 1.53. The molecule has 0 saturated carbocycles. The number of benzene rings is 1. The highest BCUT2D eigenvalue weighted by atomic mass is 35.5. The van der Waals surface area contributed by atoms with Gasteiger partial charge in [-0.2, -0.15) is 0 Å². The van der Waals surface area contributed by atoms with Gasteiger partial charge in [0.1, 0.15) is 5.15 Å². The molecule has 3 aromatic rings. The van der Waals surface area contributed by atoms with Gasteiger partial charge in [-0.15, -0.1) is 0 Å². The number of rotatable bonds is 3. The Morgan fingerprint density at radius 2 is 1.90 bits per heavy atom. The Labute approximate surface area is 128 Å². The van der Waals surface area contributed by atoms with Gasteiger partial charge in [0, 0.05) is 17.3 Å². The Kier molecular flexibility index (Phi) is 3.84. The summed E-state index contributed by atoms with van der Waals surface area (Å²) in [4.78, 5) is 8.50. The monoisotopic (exact) mass is 298 g/mol. The molecular weight excluding hydrogens is 284 g/mol. The molecule has 2 heterocycles. The van der Waals surface area contributed by atoms with Crippen LogP contribution in [0.1, 0.15) is 22.9 Å². The van der Waals surface area contributed by atoms with Gasteiger partial charge in [0.25, 0.3) is 0 Å². The van der Waals surface area contributed by atoms with Gasteiger partial charge in [0.15, 0.2) is 0 Å². The molecule has 3 rings (SSSR count).